The van der Waals surface area contributed by atoms with Crippen LogP contribution >= 0.6 is 11.8 Å². The van der Waals surface area contributed by atoms with E-state index in [0.29, 0.717) is 16.9 Å². The maximum Gasteiger partial charge on any atom is 0.267 e. The predicted molar refractivity (Wildman–Crippen MR) is 119 cm³/mol. The third-order valence-electron chi connectivity index (χ3n) is 5.08. The molecule has 0 amide bonds. The topological polar surface area (TPSA) is 65.1 Å². The highest BCUT2D eigenvalue weighted by Crippen LogP contribution is 2.26. The number of aryl methyl sites for hydroxylation is 2. The zero-order chi connectivity index (χ0) is 20.7. The largest absolute Gasteiger partial charge is 0.268 e. The molecule has 5 aromatic rings. The third kappa shape index (κ3) is 3.07. The molecule has 3 aromatic heterocycles. The normalized spacial score (nSPS) is 11.4. The molecule has 0 bridgehead atoms. The van der Waals surface area contributed by atoms with Crippen molar-refractivity contribution in [1.29, 1.82) is 0 Å². The Balaban J connectivity index is 1.76. The Morgan fingerprint density at radius 2 is 1.87 bits per heavy atom. The minimum Gasteiger partial charge on any atom is -0.268 e. The highest BCUT2D eigenvalue weighted by atomic mass is 32.2. The van der Waals surface area contributed by atoms with Crippen molar-refractivity contribution >= 4 is 28.4 Å². The Morgan fingerprint density at radius 3 is 2.67 bits per heavy atom. The van der Waals surface area contributed by atoms with E-state index < -0.39 is 0 Å². The fourth-order valence-electron chi connectivity index (χ4n) is 3.68. The summed E-state index contributed by atoms with van der Waals surface area (Å²) in [5.74, 6) is 1.23. The number of fused-ring (bicyclic) bond motifs is 3. The van der Waals surface area contributed by atoms with E-state index in [1.54, 1.807) is 22.5 Å². The minimum absolute atomic E-state index is 0.0961. The summed E-state index contributed by atoms with van der Waals surface area (Å²) in [7, 11) is 0. The summed E-state index contributed by atoms with van der Waals surface area (Å²) in [6, 6.07) is 17.6. The lowest BCUT2D eigenvalue weighted by molar-refractivity contribution is 0.928. The van der Waals surface area contributed by atoms with E-state index in [4.69, 9.17) is 0 Å². The van der Waals surface area contributed by atoms with Crippen LogP contribution in [0.3, 0.4) is 0 Å². The average molecular weight is 414 g/mol. The van der Waals surface area contributed by atoms with Crippen LogP contribution in [0.1, 0.15) is 16.7 Å². The van der Waals surface area contributed by atoms with E-state index in [2.05, 4.69) is 21.2 Å². The summed E-state index contributed by atoms with van der Waals surface area (Å²) in [6.07, 6.45) is 3.61. The Labute approximate surface area is 177 Å². The summed E-state index contributed by atoms with van der Waals surface area (Å²) in [5.41, 5.74) is 4.79. The quantitative estimate of drug-likeness (QED) is 0.410. The molecule has 7 heteroatoms. The van der Waals surface area contributed by atoms with Gasteiger partial charge in [0.15, 0.2) is 5.16 Å². The van der Waals surface area contributed by atoms with Gasteiger partial charge in [0.25, 0.3) is 5.56 Å². The van der Waals surface area contributed by atoms with Gasteiger partial charge in [0.1, 0.15) is 0 Å². The molecule has 0 fully saturated rings. The maximum atomic E-state index is 13.4. The lowest BCUT2D eigenvalue weighted by Crippen LogP contribution is -2.22. The van der Waals surface area contributed by atoms with Gasteiger partial charge in [-0.1, -0.05) is 47.7 Å². The van der Waals surface area contributed by atoms with Gasteiger partial charge in [-0.25, -0.2) is 4.57 Å². The van der Waals surface area contributed by atoms with Gasteiger partial charge in [-0.2, -0.15) is 0 Å². The van der Waals surface area contributed by atoms with Crippen LogP contribution in [0.4, 0.5) is 0 Å². The number of hydrogen-bond acceptors (Lipinski definition) is 5. The molecular weight excluding hydrogens is 394 g/mol. The maximum absolute atomic E-state index is 13.4. The van der Waals surface area contributed by atoms with Crippen molar-refractivity contribution in [3.05, 3.63) is 94.0 Å². The van der Waals surface area contributed by atoms with Crippen LogP contribution in [0.2, 0.25) is 0 Å². The molecule has 5 rings (SSSR count). The van der Waals surface area contributed by atoms with E-state index in [-0.39, 0.29) is 5.56 Å². The number of benzene rings is 2. The second-order valence-corrected chi connectivity index (χ2v) is 8.16. The monoisotopic (exact) mass is 413 g/mol. The SMILES string of the molecule is Cc1ccc(-n2c(=O)c3ccccc3n3c(SCc4cccnc4)nnc23)c(C)c1. The molecule has 0 aliphatic heterocycles. The van der Waals surface area contributed by atoms with Gasteiger partial charge in [-0.3, -0.25) is 14.2 Å². The van der Waals surface area contributed by atoms with Gasteiger partial charge >= 0.3 is 0 Å². The zero-order valence-electron chi connectivity index (χ0n) is 16.6. The first kappa shape index (κ1) is 18.6. The van der Waals surface area contributed by atoms with E-state index >= 15 is 0 Å². The number of hydrogen-bond donors (Lipinski definition) is 0. The fraction of sp³-hybridized carbons (Fsp3) is 0.130. The van der Waals surface area contributed by atoms with Crippen LogP contribution in [0, 0.1) is 13.8 Å². The Morgan fingerprint density at radius 1 is 1.00 bits per heavy atom. The molecule has 0 aliphatic rings. The van der Waals surface area contributed by atoms with Gasteiger partial charge in [-0.05, 0) is 49.2 Å². The Bertz CT molecular complexity index is 1440. The molecule has 0 aliphatic carbocycles. The second-order valence-electron chi connectivity index (χ2n) is 7.22. The smallest absolute Gasteiger partial charge is 0.267 e. The van der Waals surface area contributed by atoms with Crippen LogP contribution in [-0.2, 0) is 5.75 Å². The molecule has 0 saturated heterocycles. The number of aromatic nitrogens is 5. The molecular formula is C23H19N5OS. The molecule has 0 atom stereocenters. The summed E-state index contributed by atoms with van der Waals surface area (Å²) < 4.78 is 3.63. The van der Waals surface area contributed by atoms with E-state index in [0.717, 1.165) is 33.1 Å². The predicted octanol–water partition coefficient (Wildman–Crippen LogP) is 4.34. The number of para-hydroxylation sites is 1. The highest BCUT2D eigenvalue weighted by molar-refractivity contribution is 7.98. The van der Waals surface area contributed by atoms with Crippen LogP contribution in [0.15, 0.2) is 76.9 Å². The molecule has 2 aromatic carbocycles. The summed E-state index contributed by atoms with van der Waals surface area (Å²) >= 11 is 1.57. The highest BCUT2D eigenvalue weighted by Gasteiger charge is 2.18. The number of rotatable bonds is 4. The van der Waals surface area contributed by atoms with Crippen LogP contribution in [0.25, 0.3) is 22.4 Å². The first-order valence-corrected chi connectivity index (χ1v) is 10.6. The zero-order valence-corrected chi connectivity index (χ0v) is 17.4. The van der Waals surface area contributed by atoms with Crippen molar-refractivity contribution < 1.29 is 0 Å². The Kier molecular flexibility index (Phi) is 4.59. The van der Waals surface area contributed by atoms with Crippen LogP contribution in [0.5, 0.6) is 0 Å². The van der Waals surface area contributed by atoms with Gasteiger partial charge in [-0.15, -0.1) is 10.2 Å². The summed E-state index contributed by atoms with van der Waals surface area (Å²) in [4.78, 5) is 17.6. The molecule has 0 N–H and O–H groups in total. The second kappa shape index (κ2) is 7.42. The Hall–Kier alpha value is -3.45. The lowest BCUT2D eigenvalue weighted by Gasteiger charge is -2.13. The molecule has 6 nitrogen and oxygen atoms in total. The van der Waals surface area contributed by atoms with Crippen molar-refractivity contribution in [2.75, 3.05) is 0 Å². The molecule has 0 spiro atoms. The van der Waals surface area contributed by atoms with Crippen molar-refractivity contribution in [1.82, 2.24) is 24.1 Å². The van der Waals surface area contributed by atoms with Crippen molar-refractivity contribution in [3.63, 3.8) is 0 Å². The van der Waals surface area contributed by atoms with E-state index in [1.165, 1.54) is 0 Å². The average Bonchev–Trinajstić information content (AvgIpc) is 3.18. The summed E-state index contributed by atoms with van der Waals surface area (Å²) in [5, 5.41) is 10.2. The van der Waals surface area contributed by atoms with Crippen LogP contribution < -0.4 is 5.56 Å². The molecule has 0 radical (unpaired) electrons. The number of nitrogens with zero attached hydrogens (tertiary/aromatic N) is 5. The van der Waals surface area contributed by atoms with Gasteiger partial charge in [0.05, 0.1) is 16.6 Å². The molecule has 0 unspecified atom stereocenters. The molecule has 3 heterocycles. The number of pyridine rings is 1. The first-order valence-electron chi connectivity index (χ1n) is 9.62. The van der Waals surface area contributed by atoms with Gasteiger partial charge < -0.3 is 0 Å². The van der Waals surface area contributed by atoms with Crippen molar-refractivity contribution in [2.45, 2.75) is 24.8 Å². The lowest BCUT2D eigenvalue weighted by atomic mass is 10.1. The van der Waals surface area contributed by atoms with Crippen molar-refractivity contribution in [3.8, 4) is 5.69 Å². The van der Waals surface area contributed by atoms with Crippen LogP contribution in [-0.4, -0.2) is 24.1 Å². The van der Waals surface area contributed by atoms with E-state index in [9.17, 15) is 4.79 Å². The van der Waals surface area contributed by atoms with Gasteiger partial charge in [0, 0.05) is 18.1 Å². The summed E-state index contributed by atoms with van der Waals surface area (Å²) in [6.45, 7) is 4.05. The molecule has 30 heavy (non-hydrogen) atoms. The fourth-order valence-corrected chi connectivity index (χ4v) is 4.55. The standard InChI is InChI=1S/C23H19N5OS/c1-15-9-10-19(16(2)12-15)27-21(29)18-7-3-4-8-20(18)28-22(27)25-26-23(28)30-14-17-6-5-11-24-13-17/h3-13H,14H2,1-2H3. The number of thioether (sulfide) groups is 1. The first-order chi connectivity index (χ1) is 14.6. The molecule has 148 valence electrons. The third-order valence-corrected chi connectivity index (χ3v) is 6.08. The minimum atomic E-state index is -0.0961. The van der Waals surface area contributed by atoms with Gasteiger partial charge in [0.2, 0.25) is 5.78 Å². The van der Waals surface area contributed by atoms with Crippen molar-refractivity contribution in [2.24, 2.45) is 0 Å². The molecule has 0 saturated carbocycles. The van der Waals surface area contributed by atoms with E-state index in [1.807, 2.05) is 73.0 Å².